The van der Waals surface area contributed by atoms with Crippen molar-refractivity contribution in [2.45, 2.75) is 26.4 Å². The highest BCUT2D eigenvalue weighted by atomic mass is 16.4. The number of aliphatic hydroxyl groups is 1. The molecular formula is C10H15BO3. The van der Waals surface area contributed by atoms with Crippen LogP contribution in [-0.2, 0) is 5.60 Å². The van der Waals surface area contributed by atoms with E-state index in [0.29, 0.717) is 11.0 Å². The molecular weight excluding hydrogens is 179 g/mol. The Morgan fingerprint density at radius 1 is 1.21 bits per heavy atom. The molecule has 4 heteroatoms. The first-order valence-electron chi connectivity index (χ1n) is 4.52. The second-order valence-corrected chi connectivity index (χ2v) is 4.02. The van der Waals surface area contributed by atoms with Crippen molar-refractivity contribution >= 4 is 12.6 Å². The average Bonchev–Trinajstić information content (AvgIpc) is 2.01. The first-order chi connectivity index (χ1) is 6.32. The van der Waals surface area contributed by atoms with Crippen LogP contribution in [0, 0.1) is 6.92 Å². The number of hydrogen-bond donors (Lipinski definition) is 3. The Balaban J connectivity index is 3.29. The fraction of sp³-hybridized carbons (Fsp3) is 0.400. The quantitative estimate of drug-likeness (QED) is 0.576. The van der Waals surface area contributed by atoms with Crippen LogP contribution in [0.2, 0.25) is 0 Å². The number of aryl methyl sites for hydroxylation is 1. The molecule has 1 aromatic rings. The fourth-order valence-corrected chi connectivity index (χ4v) is 1.45. The van der Waals surface area contributed by atoms with Gasteiger partial charge in [0.1, 0.15) is 0 Å². The average molecular weight is 194 g/mol. The van der Waals surface area contributed by atoms with Gasteiger partial charge in [-0.1, -0.05) is 23.8 Å². The third-order valence-corrected chi connectivity index (χ3v) is 2.14. The highest BCUT2D eigenvalue weighted by Gasteiger charge is 2.25. The molecule has 76 valence electrons. The largest absolute Gasteiger partial charge is 0.488 e. The van der Waals surface area contributed by atoms with E-state index in [9.17, 15) is 5.11 Å². The van der Waals surface area contributed by atoms with Crippen LogP contribution in [0.4, 0.5) is 0 Å². The summed E-state index contributed by atoms with van der Waals surface area (Å²) in [5, 5.41) is 28.1. The van der Waals surface area contributed by atoms with Crippen molar-refractivity contribution in [2.75, 3.05) is 0 Å². The van der Waals surface area contributed by atoms with Crippen molar-refractivity contribution in [3.63, 3.8) is 0 Å². The Bertz CT molecular complexity index is 329. The second kappa shape index (κ2) is 3.73. The molecule has 1 rings (SSSR count). The van der Waals surface area contributed by atoms with E-state index in [4.69, 9.17) is 10.0 Å². The molecule has 0 atom stereocenters. The minimum absolute atomic E-state index is 0.359. The molecule has 0 bridgehead atoms. The predicted octanol–water partition coefficient (Wildman–Crippen LogP) is -0.0978. The topological polar surface area (TPSA) is 60.7 Å². The molecule has 0 fully saturated rings. The number of rotatable bonds is 2. The molecule has 3 nitrogen and oxygen atoms in total. The molecule has 0 radical (unpaired) electrons. The van der Waals surface area contributed by atoms with Crippen LogP contribution in [0.1, 0.15) is 25.0 Å². The number of hydrogen-bond acceptors (Lipinski definition) is 3. The van der Waals surface area contributed by atoms with E-state index in [-0.39, 0.29) is 0 Å². The Kier molecular flexibility index (Phi) is 2.99. The summed E-state index contributed by atoms with van der Waals surface area (Å²) in [6.07, 6.45) is 0. The van der Waals surface area contributed by atoms with E-state index in [1.165, 1.54) is 0 Å². The van der Waals surface area contributed by atoms with Gasteiger partial charge in [0.2, 0.25) is 0 Å². The van der Waals surface area contributed by atoms with Gasteiger partial charge in [0.15, 0.2) is 0 Å². The van der Waals surface area contributed by atoms with Crippen molar-refractivity contribution in [1.82, 2.24) is 0 Å². The standard InChI is InChI=1S/C10H15BO3/c1-7-4-5-8(10(2,3)12)9(6-7)11(13)14/h4-6,12-14H,1-3H3. The highest BCUT2D eigenvalue weighted by Crippen LogP contribution is 2.18. The lowest BCUT2D eigenvalue weighted by atomic mass is 9.73. The SMILES string of the molecule is Cc1ccc(C(C)(C)O)c(B(O)O)c1. The molecule has 0 heterocycles. The molecule has 14 heavy (non-hydrogen) atoms. The molecule has 0 saturated heterocycles. The zero-order chi connectivity index (χ0) is 10.9. The van der Waals surface area contributed by atoms with Gasteiger partial charge in [-0.05, 0) is 31.8 Å². The van der Waals surface area contributed by atoms with Gasteiger partial charge in [-0.15, -0.1) is 0 Å². The highest BCUT2D eigenvalue weighted by molar-refractivity contribution is 6.59. The Hall–Kier alpha value is -0.835. The van der Waals surface area contributed by atoms with Crippen molar-refractivity contribution in [1.29, 1.82) is 0 Å². The van der Waals surface area contributed by atoms with Gasteiger partial charge < -0.3 is 15.2 Å². The Labute approximate surface area is 84.2 Å². The Morgan fingerprint density at radius 3 is 2.21 bits per heavy atom. The summed E-state index contributed by atoms with van der Waals surface area (Å²) in [7, 11) is -1.55. The van der Waals surface area contributed by atoms with Gasteiger partial charge in [0, 0.05) is 0 Å². The summed E-state index contributed by atoms with van der Waals surface area (Å²) in [6, 6.07) is 5.21. The zero-order valence-corrected chi connectivity index (χ0v) is 8.65. The third kappa shape index (κ3) is 2.35. The fourth-order valence-electron chi connectivity index (χ4n) is 1.45. The summed E-state index contributed by atoms with van der Waals surface area (Å²) in [5.41, 5.74) is 0.768. The second-order valence-electron chi connectivity index (χ2n) is 4.02. The van der Waals surface area contributed by atoms with Crippen molar-refractivity contribution in [3.8, 4) is 0 Å². The van der Waals surface area contributed by atoms with Crippen molar-refractivity contribution in [2.24, 2.45) is 0 Å². The lowest BCUT2D eigenvalue weighted by Crippen LogP contribution is -2.38. The van der Waals surface area contributed by atoms with E-state index in [1.807, 2.05) is 13.0 Å². The van der Waals surface area contributed by atoms with Crippen LogP contribution >= 0.6 is 0 Å². The van der Waals surface area contributed by atoms with Gasteiger partial charge in [-0.2, -0.15) is 0 Å². The molecule has 0 aliphatic carbocycles. The van der Waals surface area contributed by atoms with Gasteiger partial charge in [-0.25, -0.2) is 0 Å². The number of benzene rings is 1. The maximum absolute atomic E-state index is 9.79. The van der Waals surface area contributed by atoms with Crippen LogP contribution < -0.4 is 5.46 Å². The van der Waals surface area contributed by atoms with E-state index < -0.39 is 12.7 Å². The minimum Gasteiger partial charge on any atom is -0.423 e. The molecule has 3 N–H and O–H groups in total. The lowest BCUT2D eigenvalue weighted by Gasteiger charge is -2.21. The Morgan fingerprint density at radius 2 is 1.79 bits per heavy atom. The molecule has 0 aliphatic heterocycles. The van der Waals surface area contributed by atoms with Crippen LogP contribution in [0.5, 0.6) is 0 Å². The monoisotopic (exact) mass is 194 g/mol. The van der Waals surface area contributed by atoms with Crippen LogP contribution in [0.3, 0.4) is 0 Å². The van der Waals surface area contributed by atoms with Gasteiger partial charge >= 0.3 is 7.12 Å². The maximum atomic E-state index is 9.79. The van der Waals surface area contributed by atoms with E-state index in [2.05, 4.69) is 0 Å². The normalized spacial score (nSPS) is 11.6. The summed E-state index contributed by atoms with van der Waals surface area (Å²) < 4.78 is 0. The van der Waals surface area contributed by atoms with Crippen LogP contribution in [0.15, 0.2) is 18.2 Å². The summed E-state index contributed by atoms with van der Waals surface area (Å²) in [4.78, 5) is 0. The molecule has 1 aromatic carbocycles. The third-order valence-electron chi connectivity index (χ3n) is 2.14. The van der Waals surface area contributed by atoms with Gasteiger partial charge in [0.25, 0.3) is 0 Å². The zero-order valence-electron chi connectivity index (χ0n) is 8.65. The maximum Gasteiger partial charge on any atom is 0.488 e. The smallest absolute Gasteiger partial charge is 0.423 e. The first-order valence-corrected chi connectivity index (χ1v) is 4.52. The lowest BCUT2D eigenvalue weighted by molar-refractivity contribution is 0.0793. The van der Waals surface area contributed by atoms with Crippen molar-refractivity contribution < 1.29 is 15.2 Å². The molecule has 0 amide bonds. The molecule has 0 unspecified atom stereocenters. The van der Waals surface area contributed by atoms with Crippen LogP contribution in [-0.4, -0.2) is 22.3 Å². The molecule has 0 aliphatic rings. The summed E-state index contributed by atoms with van der Waals surface area (Å²) in [5.74, 6) is 0. The summed E-state index contributed by atoms with van der Waals surface area (Å²) >= 11 is 0. The predicted molar refractivity (Wildman–Crippen MR) is 56.2 cm³/mol. The van der Waals surface area contributed by atoms with Crippen molar-refractivity contribution in [3.05, 3.63) is 29.3 Å². The summed E-state index contributed by atoms with van der Waals surface area (Å²) in [6.45, 7) is 5.09. The van der Waals surface area contributed by atoms with E-state index in [1.54, 1.807) is 26.0 Å². The van der Waals surface area contributed by atoms with Crippen LogP contribution in [0.25, 0.3) is 0 Å². The van der Waals surface area contributed by atoms with Gasteiger partial charge in [-0.3, -0.25) is 0 Å². The van der Waals surface area contributed by atoms with E-state index >= 15 is 0 Å². The first kappa shape index (κ1) is 11.2. The van der Waals surface area contributed by atoms with E-state index in [0.717, 1.165) is 5.56 Å². The minimum atomic E-state index is -1.55. The molecule has 0 spiro atoms. The molecule has 0 aromatic heterocycles. The molecule has 0 saturated carbocycles. The van der Waals surface area contributed by atoms with Gasteiger partial charge in [0.05, 0.1) is 5.60 Å².